The second-order valence-electron chi connectivity index (χ2n) is 7.59. The minimum absolute atomic E-state index is 0.00484. The number of para-hydroxylation sites is 1. The van der Waals surface area contributed by atoms with Crippen LogP contribution in [0.3, 0.4) is 0 Å². The molecule has 0 bridgehead atoms. The average Bonchev–Trinajstić information content (AvgIpc) is 3.36. The minimum Gasteiger partial charge on any atom is -0.325 e. The Hall–Kier alpha value is -2.15. The summed E-state index contributed by atoms with van der Waals surface area (Å²) in [7, 11) is -3.58. The van der Waals surface area contributed by atoms with E-state index in [0.717, 1.165) is 43.3 Å². The molecule has 1 unspecified atom stereocenters. The van der Waals surface area contributed by atoms with Crippen molar-refractivity contribution in [3.63, 3.8) is 0 Å². The lowest BCUT2D eigenvalue weighted by Gasteiger charge is -2.13. The highest BCUT2D eigenvalue weighted by molar-refractivity contribution is 9.11. The summed E-state index contributed by atoms with van der Waals surface area (Å²) in [6, 6.07) is 6.76. The number of halogens is 1. The molecule has 12 heteroatoms. The first-order valence-corrected chi connectivity index (χ1v) is 13.5. The van der Waals surface area contributed by atoms with E-state index in [-0.39, 0.29) is 22.5 Å². The van der Waals surface area contributed by atoms with E-state index in [1.807, 2.05) is 0 Å². The van der Waals surface area contributed by atoms with Crippen molar-refractivity contribution in [3.05, 3.63) is 39.3 Å². The number of carbonyl (C=O) groups is 3. The molecule has 2 aromatic rings. The summed E-state index contributed by atoms with van der Waals surface area (Å²) in [5.41, 5.74) is 6.59. The Labute approximate surface area is 198 Å². The number of nitrogens with zero attached hydrogens (tertiary/aromatic N) is 1. The third-order valence-corrected chi connectivity index (χ3v) is 7.91. The molecule has 1 aliphatic carbocycles. The molecule has 4 N–H and O–H groups in total. The number of sulfone groups is 1. The minimum atomic E-state index is -3.58. The highest BCUT2D eigenvalue weighted by Crippen LogP contribution is 2.33. The van der Waals surface area contributed by atoms with Gasteiger partial charge in [0.15, 0.2) is 26.1 Å². The number of Topliss-reactive ketones (excluding diaryl/α,β-unsaturated/α-hetero) is 1. The van der Waals surface area contributed by atoms with Gasteiger partial charge in [0.2, 0.25) is 11.8 Å². The topological polar surface area (TPSA) is 148 Å². The van der Waals surface area contributed by atoms with Gasteiger partial charge in [-0.3, -0.25) is 14.4 Å². The molecule has 0 saturated heterocycles. The van der Waals surface area contributed by atoms with Crippen LogP contribution in [0.2, 0.25) is 0 Å². The Morgan fingerprint density at radius 3 is 2.47 bits per heavy atom. The summed E-state index contributed by atoms with van der Waals surface area (Å²) in [5, 5.41) is 3.88. The van der Waals surface area contributed by atoms with Crippen LogP contribution in [-0.2, 0) is 19.4 Å². The van der Waals surface area contributed by atoms with E-state index in [2.05, 4.69) is 31.5 Å². The van der Waals surface area contributed by atoms with Crippen LogP contribution < -0.4 is 16.4 Å². The fraction of sp³-hybridized carbons (Fsp3) is 0.400. The molecule has 1 saturated carbocycles. The van der Waals surface area contributed by atoms with Gasteiger partial charge in [0.25, 0.3) is 0 Å². The normalized spacial score (nSPS) is 15.3. The van der Waals surface area contributed by atoms with Crippen LogP contribution in [0.25, 0.3) is 0 Å². The number of benzene rings is 1. The number of hydrogen-bond donors (Lipinski definition) is 3. The third kappa shape index (κ3) is 6.00. The zero-order chi connectivity index (χ0) is 23.5. The van der Waals surface area contributed by atoms with E-state index >= 15 is 0 Å². The van der Waals surface area contributed by atoms with Crippen molar-refractivity contribution in [2.75, 3.05) is 16.9 Å². The van der Waals surface area contributed by atoms with Gasteiger partial charge in [0.1, 0.15) is 12.1 Å². The van der Waals surface area contributed by atoms with Crippen LogP contribution in [0.15, 0.2) is 28.1 Å². The van der Waals surface area contributed by atoms with Gasteiger partial charge in [-0.25, -0.2) is 13.4 Å². The summed E-state index contributed by atoms with van der Waals surface area (Å²) < 4.78 is 23.7. The number of hydrogen-bond acceptors (Lipinski definition) is 8. The Kier molecular flexibility index (Phi) is 7.80. The van der Waals surface area contributed by atoms with E-state index in [1.165, 1.54) is 0 Å². The van der Waals surface area contributed by atoms with Crippen molar-refractivity contribution >= 4 is 65.5 Å². The number of nitrogens with two attached hydrogens (primary N) is 1. The number of thiazole rings is 1. The molecule has 9 nitrogen and oxygen atoms in total. The number of carbonyl (C=O) groups excluding carboxylic acids is 3. The predicted molar refractivity (Wildman–Crippen MR) is 126 cm³/mol. The maximum atomic E-state index is 12.8. The van der Waals surface area contributed by atoms with Gasteiger partial charge >= 0.3 is 0 Å². The number of rotatable bonds is 8. The zero-order valence-electron chi connectivity index (χ0n) is 17.3. The van der Waals surface area contributed by atoms with Gasteiger partial charge in [-0.1, -0.05) is 36.3 Å². The predicted octanol–water partition coefficient (Wildman–Crippen LogP) is 3.25. The van der Waals surface area contributed by atoms with Gasteiger partial charge in [0, 0.05) is 17.7 Å². The molecule has 0 spiro atoms. The van der Waals surface area contributed by atoms with E-state index < -0.39 is 33.4 Å². The zero-order valence-corrected chi connectivity index (χ0v) is 20.5. The van der Waals surface area contributed by atoms with Crippen LogP contribution >= 0.6 is 27.3 Å². The number of aromatic nitrogens is 1. The maximum Gasteiger partial charge on any atom is 0.235 e. The van der Waals surface area contributed by atoms with Crippen molar-refractivity contribution in [2.24, 2.45) is 11.7 Å². The second-order valence-corrected chi connectivity index (χ2v) is 12.1. The smallest absolute Gasteiger partial charge is 0.235 e. The van der Waals surface area contributed by atoms with E-state index in [0.29, 0.717) is 15.0 Å². The van der Waals surface area contributed by atoms with Gasteiger partial charge in [0.05, 0.1) is 9.47 Å². The summed E-state index contributed by atoms with van der Waals surface area (Å²) in [6.45, 7) is 0. The summed E-state index contributed by atoms with van der Waals surface area (Å²) in [6.07, 6.45) is 4.22. The van der Waals surface area contributed by atoms with Crippen molar-refractivity contribution < 1.29 is 22.8 Å². The molecule has 2 amide bonds. The van der Waals surface area contributed by atoms with E-state index in [9.17, 15) is 22.8 Å². The molecule has 3 rings (SSSR count). The quantitative estimate of drug-likeness (QED) is 0.342. The SMILES string of the molecule is CS(=O)(=O)C(N)c1nc(NC(=O)CC(=O)Nc2ccccc2C(=O)C2CCCC2)sc1Br. The molecule has 0 aliphatic heterocycles. The largest absolute Gasteiger partial charge is 0.325 e. The molecular formula is C20H23BrN4O5S2. The monoisotopic (exact) mass is 542 g/mol. The number of nitrogens with one attached hydrogen (secondary N) is 2. The highest BCUT2D eigenvalue weighted by Gasteiger charge is 2.27. The fourth-order valence-electron chi connectivity index (χ4n) is 3.46. The lowest BCUT2D eigenvalue weighted by molar-refractivity contribution is -0.123. The maximum absolute atomic E-state index is 12.8. The molecule has 1 heterocycles. The summed E-state index contributed by atoms with van der Waals surface area (Å²) >= 11 is 4.19. The van der Waals surface area contributed by atoms with Gasteiger partial charge in [-0.05, 0) is 40.9 Å². The molecule has 172 valence electrons. The van der Waals surface area contributed by atoms with Gasteiger partial charge < -0.3 is 16.4 Å². The van der Waals surface area contributed by atoms with Crippen molar-refractivity contribution in [1.82, 2.24) is 4.98 Å². The van der Waals surface area contributed by atoms with Crippen LogP contribution in [0.5, 0.6) is 0 Å². The number of ketones is 1. The highest BCUT2D eigenvalue weighted by atomic mass is 79.9. The lowest BCUT2D eigenvalue weighted by Crippen LogP contribution is -2.23. The molecule has 1 atom stereocenters. The first-order chi connectivity index (χ1) is 15.1. The molecule has 0 radical (unpaired) electrons. The van der Waals surface area contributed by atoms with E-state index in [4.69, 9.17) is 5.73 Å². The first kappa shape index (κ1) is 24.5. The molecule has 1 fully saturated rings. The van der Waals surface area contributed by atoms with Crippen LogP contribution in [0.1, 0.15) is 53.5 Å². The van der Waals surface area contributed by atoms with Crippen molar-refractivity contribution in [1.29, 1.82) is 0 Å². The Morgan fingerprint density at radius 1 is 1.19 bits per heavy atom. The molecule has 1 aliphatic rings. The molecule has 1 aromatic heterocycles. The van der Waals surface area contributed by atoms with Crippen LogP contribution in [0, 0.1) is 5.92 Å². The Bertz CT molecular complexity index is 1140. The standard InChI is InChI=1S/C20H23BrN4O5S2/c1-32(29,30)19(22)16-18(21)31-20(25-16)24-15(27)10-14(26)23-13-9-5-4-8-12(13)17(28)11-6-2-3-7-11/h4-5,8-9,11,19H,2-3,6-7,10,22H2,1H3,(H,23,26)(H,24,25,27). The van der Waals surface area contributed by atoms with Crippen molar-refractivity contribution in [3.8, 4) is 0 Å². The van der Waals surface area contributed by atoms with Crippen LogP contribution in [-0.4, -0.2) is 37.3 Å². The fourth-order valence-corrected chi connectivity index (χ4v) is 5.82. The van der Waals surface area contributed by atoms with Gasteiger partial charge in [-0.15, -0.1) is 0 Å². The van der Waals surface area contributed by atoms with Crippen LogP contribution in [0.4, 0.5) is 10.8 Å². The van der Waals surface area contributed by atoms with Crippen molar-refractivity contribution in [2.45, 2.75) is 37.5 Å². The number of anilines is 2. The van der Waals surface area contributed by atoms with E-state index in [1.54, 1.807) is 24.3 Å². The summed E-state index contributed by atoms with van der Waals surface area (Å²) in [4.78, 5) is 41.5. The second kappa shape index (κ2) is 10.2. The molecular weight excluding hydrogens is 520 g/mol. The molecule has 1 aromatic carbocycles. The Balaban J connectivity index is 1.63. The lowest BCUT2D eigenvalue weighted by atomic mass is 9.95. The average molecular weight is 543 g/mol. The molecule has 32 heavy (non-hydrogen) atoms. The van der Waals surface area contributed by atoms with Gasteiger partial charge in [-0.2, -0.15) is 0 Å². The third-order valence-electron chi connectivity index (χ3n) is 5.10. The first-order valence-electron chi connectivity index (χ1n) is 9.90. The summed E-state index contributed by atoms with van der Waals surface area (Å²) in [5.74, 6) is -1.25. The Morgan fingerprint density at radius 2 is 1.81 bits per heavy atom. The number of amides is 2.